The summed E-state index contributed by atoms with van der Waals surface area (Å²) >= 11 is 2.81. The van der Waals surface area contributed by atoms with Gasteiger partial charge in [0.05, 0.1) is 17.6 Å². The molecule has 1 heterocycles. The zero-order chi connectivity index (χ0) is 8.10. The van der Waals surface area contributed by atoms with E-state index >= 15 is 0 Å². The van der Waals surface area contributed by atoms with Gasteiger partial charge in [-0.25, -0.2) is 4.98 Å². The topological polar surface area (TPSA) is 42.0 Å². The predicted octanol–water partition coefficient (Wildman–Crippen LogP) is 1.08. The number of carbonyl (C=O) groups excluding carboxylic acids is 1. The van der Waals surface area contributed by atoms with E-state index in [-0.39, 0.29) is 5.91 Å². The van der Waals surface area contributed by atoms with Gasteiger partial charge in [-0.3, -0.25) is 4.79 Å². The molecular weight excluding hydrogens is 180 g/mol. The quantitative estimate of drug-likeness (QED) is 0.722. The van der Waals surface area contributed by atoms with E-state index in [4.69, 9.17) is 0 Å². The molecule has 1 amide bonds. The van der Waals surface area contributed by atoms with Crippen LogP contribution in [-0.2, 0) is 11.2 Å². The van der Waals surface area contributed by atoms with E-state index in [1.807, 2.05) is 11.6 Å². The van der Waals surface area contributed by atoms with E-state index in [0.29, 0.717) is 6.42 Å². The molecule has 1 aromatic heterocycles. The molecule has 3 nitrogen and oxygen atoms in total. The van der Waals surface area contributed by atoms with Crippen molar-refractivity contribution in [3.8, 4) is 0 Å². The summed E-state index contributed by atoms with van der Waals surface area (Å²) in [4.78, 5) is 14.9. The van der Waals surface area contributed by atoms with Crippen molar-refractivity contribution in [3.63, 3.8) is 0 Å². The second-order valence-corrected chi connectivity index (χ2v) is 3.22. The van der Waals surface area contributed by atoms with Gasteiger partial charge in [-0.2, -0.15) is 0 Å². The van der Waals surface area contributed by atoms with Crippen molar-refractivity contribution in [1.29, 1.82) is 0 Å². The molecule has 0 spiro atoms. The van der Waals surface area contributed by atoms with E-state index in [9.17, 15) is 4.79 Å². The zero-order valence-electron chi connectivity index (χ0n) is 6.03. The largest absolute Gasteiger partial charge is 0.300 e. The minimum atomic E-state index is 0.00315. The molecular formula is C6H8N2OS2. The standard InChI is InChI=1S/C6H8N2OS2/c1-10-8-6(9)2-5-3-11-4-7-5/h3-4H,2H2,1H3,(H,8,9). The van der Waals surface area contributed by atoms with E-state index < -0.39 is 0 Å². The van der Waals surface area contributed by atoms with Gasteiger partial charge in [0.2, 0.25) is 5.91 Å². The number of nitrogens with zero attached hydrogens (tertiary/aromatic N) is 1. The smallest absolute Gasteiger partial charge is 0.235 e. The minimum Gasteiger partial charge on any atom is -0.300 e. The van der Waals surface area contributed by atoms with Gasteiger partial charge in [-0.1, -0.05) is 11.9 Å². The summed E-state index contributed by atoms with van der Waals surface area (Å²) in [5.41, 5.74) is 2.56. The van der Waals surface area contributed by atoms with Crippen LogP contribution in [0.25, 0.3) is 0 Å². The van der Waals surface area contributed by atoms with Crippen molar-refractivity contribution in [3.05, 3.63) is 16.6 Å². The number of rotatable bonds is 3. The van der Waals surface area contributed by atoms with Crippen molar-refractivity contribution in [1.82, 2.24) is 9.71 Å². The number of nitrogens with one attached hydrogen (secondary N) is 1. The lowest BCUT2D eigenvalue weighted by molar-refractivity contribution is -0.118. The molecule has 5 heteroatoms. The molecule has 0 bridgehead atoms. The van der Waals surface area contributed by atoms with Gasteiger partial charge in [0, 0.05) is 11.6 Å². The highest BCUT2D eigenvalue weighted by molar-refractivity contribution is 7.97. The predicted molar refractivity (Wildman–Crippen MR) is 47.5 cm³/mol. The third kappa shape index (κ3) is 2.90. The molecule has 0 fully saturated rings. The average Bonchev–Trinajstić information content (AvgIpc) is 2.40. The third-order valence-corrected chi connectivity index (χ3v) is 2.11. The maximum atomic E-state index is 10.9. The van der Waals surface area contributed by atoms with E-state index in [1.165, 1.54) is 23.3 Å². The van der Waals surface area contributed by atoms with Gasteiger partial charge in [0.15, 0.2) is 0 Å². The Bertz CT molecular complexity index is 222. The third-order valence-electron chi connectivity index (χ3n) is 1.04. The van der Waals surface area contributed by atoms with Crippen molar-refractivity contribution in [2.75, 3.05) is 6.26 Å². The molecule has 1 N–H and O–H groups in total. The molecule has 0 unspecified atom stereocenters. The Labute approximate surface area is 73.4 Å². The highest BCUT2D eigenvalue weighted by Crippen LogP contribution is 2.01. The Morgan fingerprint density at radius 1 is 1.91 bits per heavy atom. The van der Waals surface area contributed by atoms with E-state index in [0.717, 1.165) is 5.69 Å². The summed E-state index contributed by atoms with van der Waals surface area (Å²) in [6.45, 7) is 0. The van der Waals surface area contributed by atoms with Crippen molar-refractivity contribution < 1.29 is 4.79 Å². The SMILES string of the molecule is CSNC(=O)Cc1cscn1. The van der Waals surface area contributed by atoms with Crippen LogP contribution in [0.15, 0.2) is 10.9 Å². The van der Waals surface area contributed by atoms with Crippen LogP contribution in [0.5, 0.6) is 0 Å². The maximum Gasteiger partial charge on any atom is 0.235 e. The lowest BCUT2D eigenvalue weighted by atomic mass is 10.3. The summed E-state index contributed by atoms with van der Waals surface area (Å²) in [7, 11) is 0. The molecule has 60 valence electrons. The van der Waals surface area contributed by atoms with Crippen LogP contribution < -0.4 is 4.72 Å². The van der Waals surface area contributed by atoms with Gasteiger partial charge in [-0.05, 0) is 0 Å². The molecule has 1 aromatic rings. The maximum absolute atomic E-state index is 10.9. The number of aromatic nitrogens is 1. The Morgan fingerprint density at radius 3 is 3.27 bits per heavy atom. The summed E-state index contributed by atoms with van der Waals surface area (Å²) in [6.07, 6.45) is 2.20. The Morgan fingerprint density at radius 2 is 2.73 bits per heavy atom. The first-order valence-corrected chi connectivity index (χ1v) is 5.18. The molecule has 0 aliphatic rings. The van der Waals surface area contributed by atoms with Crippen molar-refractivity contribution in [2.45, 2.75) is 6.42 Å². The first-order valence-electron chi connectivity index (χ1n) is 3.02. The molecule has 0 saturated heterocycles. The molecule has 0 aliphatic carbocycles. The summed E-state index contributed by atoms with van der Waals surface area (Å²) in [5, 5.41) is 1.87. The van der Waals surface area contributed by atoms with Gasteiger partial charge < -0.3 is 4.72 Å². The van der Waals surface area contributed by atoms with Crippen LogP contribution in [0.2, 0.25) is 0 Å². The Hall–Kier alpha value is -0.550. The normalized spacial score (nSPS) is 9.55. The monoisotopic (exact) mass is 188 g/mol. The minimum absolute atomic E-state index is 0.00315. The summed E-state index contributed by atoms with van der Waals surface area (Å²) in [5.74, 6) is 0.00315. The van der Waals surface area contributed by atoms with Gasteiger partial charge in [0.1, 0.15) is 0 Å². The lowest BCUT2D eigenvalue weighted by Gasteiger charge is -1.96. The van der Waals surface area contributed by atoms with Crippen LogP contribution in [0, 0.1) is 0 Å². The van der Waals surface area contributed by atoms with Gasteiger partial charge in [0.25, 0.3) is 0 Å². The first-order chi connectivity index (χ1) is 5.33. The Kier molecular flexibility index (Phi) is 3.38. The van der Waals surface area contributed by atoms with Crippen molar-refractivity contribution >= 4 is 29.2 Å². The van der Waals surface area contributed by atoms with Gasteiger partial charge in [-0.15, -0.1) is 11.3 Å². The summed E-state index contributed by atoms with van der Waals surface area (Å²) < 4.78 is 2.63. The summed E-state index contributed by atoms with van der Waals surface area (Å²) in [6, 6.07) is 0. The van der Waals surface area contributed by atoms with E-state index in [1.54, 1.807) is 5.51 Å². The fourth-order valence-electron chi connectivity index (χ4n) is 0.639. The lowest BCUT2D eigenvalue weighted by Crippen LogP contribution is -2.17. The molecule has 11 heavy (non-hydrogen) atoms. The molecule has 1 rings (SSSR count). The molecule has 0 aromatic carbocycles. The first kappa shape index (κ1) is 8.55. The van der Waals surface area contributed by atoms with Crippen molar-refractivity contribution in [2.24, 2.45) is 0 Å². The van der Waals surface area contributed by atoms with Gasteiger partial charge >= 0.3 is 0 Å². The highest BCUT2D eigenvalue weighted by atomic mass is 32.2. The second kappa shape index (κ2) is 4.35. The van der Waals surface area contributed by atoms with Crippen LogP contribution >= 0.6 is 23.3 Å². The number of hydrogen-bond acceptors (Lipinski definition) is 4. The zero-order valence-corrected chi connectivity index (χ0v) is 7.67. The van der Waals surface area contributed by atoms with Crippen LogP contribution in [0.4, 0.5) is 0 Å². The highest BCUT2D eigenvalue weighted by Gasteiger charge is 2.02. The fourth-order valence-corrected chi connectivity index (χ4v) is 1.50. The fraction of sp³-hybridized carbons (Fsp3) is 0.333. The molecule has 0 radical (unpaired) electrons. The second-order valence-electron chi connectivity index (χ2n) is 1.89. The number of thiazole rings is 1. The Balaban J connectivity index is 2.37. The van der Waals surface area contributed by atoms with Crippen LogP contribution in [0.3, 0.4) is 0 Å². The van der Waals surface area contributed by atoms with Crippen LogP contribution in [-0.4, -0.2) is 17.1 Å². The van der Waals surface area contributed by atoms with Crippen LogP contribution in [0.1, 0.15) is 5.69 Å². The molecule has 0 saturated carbocycles. The molecule has 0 atom stereocenters. The number of amides is 1. The number of hydrogen-bond donors (Lipinski definition) is 1. The average molecular weight is 188 g/mol. The number of carbonyl (C=O) groups is 1. The molecule has 0 aliphatic heterocycles. The van der Waals surface area contributed by atoms with E-state index in [2.05, 4.69) is 9.71 Å².